The minimum atomic E-state index is -0.505. The van der Waals surface area contributed by atoms with Crippen LogP contribution in [0.15, 0.2) is 24.7 Å². The quantitative estimate of drug-likeness (QED) is 0.675. The summed E-state index contributed by atoms with van der Waals surface area (Å²) in [4.78, 5) is 12.4. The number of hydrogen-bond acceptors (Lipinski definition) is 5. The van der Waals surface area contributed by atoms with Crippen LogP contribution in [0, 0.1) is 12.3 Å². The van der Waals surface area contributed by atoms with E-state index in [4.69, 9.17) is 22.8 Å². The van der Waals surface area contributed by atoms with Crippen molar-refractivity contribution in [3.8, 4) is 18.1 Å². The van der Waals surface area contributed by atoms with Crippen LogP contribution in [-0.2, 0) is 11.8 Å². The minimum absolute atomic E-state index is 0.387. The number of rotatable bonds is 5. The van der Waals surface area contributed by atoms with Gasteiger partial charge in [-0.3, -0.25) is 4.98 Å². The molecule has 0 spiro atoms. The van der Waals surface area contributed by atoms with Gasteiger partial charge in [0.05, 0.1) is 17.7 Å². The molecule has 0 bridgehead atoms. The number of ether oxygens (including phenoxy) is 1. The van der Waals surface area contributed by atoms with Crippen LogP contribution in [0.4, 0.5) is 5.82 Å². The zero-order valence-corrected chi connectivity index (χ0v) is 13.6. The molecule has 0 fully saturated rings. The van der Waals surface area contributed by atoms with Crippen LogP contribution in [-0.4, -0.2) is 28.1 Å². The maximum atomic E-state index is 5.91. The second-order valence-electron chi connectivity index (χ2n) is 5.39. The monoisotopic (exact) mass is 328 g/mol. The molecule has 1 aliphatic heterocycles. The highest BCUT2D eigenvalue weighted by Gasteiger charge is 2.34. The summed E-state index contributed by atoms with van der Waals surface area (Å²) in [5.74, 6) is 4.42. The normalized spacial score (nSPS) is 15.2. The summed E-state index contributed by atoms with van der Waals surface area (Å²) >= 11 is 5.90. The zero-order chi connectivity index (χ0) is 16.3. The fraction of sp³-hybridized carbons (Fsp3) is 0.353. The van der Waals surface area contributed by atoms with Crippen molar-refractivity contribution in [1.82, 2.24) is 15.0 Å². The molecule has 0 saturated heterocycles. The van der Waals surface area contributed by atoms with Gasteiger partial charge in [-0.2, -0.15) is 0 Å². The van der Waals surface area contributed by atoms with Gasteiger partial charge in [-0.25, -0.2) is 9.97 Å². The number of nitrogens with zero attached hydrogens (tertiary/aromatic N) is 3. The molecular formula is C17H17ClN4O. The number of aromatic nitrogens is 3. The molecule has 0 saturated carbocycles. The van der Waals surface area contributed by atoms with Crippen LogP contribution >= 0.6 is 11.6 Å². The number of terminal acetylenes is 1. The van der Waals surface area contributed by atoms with Gasteiger partial charge in [-0.15, -0.1) is 6.42 Å². The van der Waals surface area contributed by atoms with Crippen molar-refractivity contribution in [3.05, 3.63) is 41.1 Å². The van der Waals surface area contributed by atoms with Gasteiger partial charge in [-0.05, 0) is 12.5 Å². The predicted octanol–water partition coefficient (Wildman–Crippen LogP) is 2.85. The molecule has 1 atom stereocenters. The van der Waals surface area contributed by atoms with Gasteiger partial charge in [0.1, 0.15) is 23.0 Å². The molecule has 6 heteroatoms. The van der Waals surface area contributed by atoms with E-state index in [9.17, 15) is 0 Å². The number of anilines is 1. The summed E-state index contributed by atoms with van der Waals surface area (Å²) in [5, 5.41) is 3.65. The molecular weight excluding hydrogens is 312 g/mol. The lowest BCUT2D eigenvalue weighted by molar-refractivity contribution is 0.347. The summed E-state index contributed by atoms with van der Waals surface area (Å²) in [6.45, 7) is 3.24. The largest absolute Gasteiger partial charge is 0.491 e. The average Bonchev–Trinajstić information content (AvgIpc) is 3.05. The molecule has 0 unspecified atom stereocenters. The highest BCUT2D eigenvalue weighted by molar-refractivity contribution is 6.29. The van der Waals surface area contributed by atoms with E-state index in [1.54, 1.807) is 12.3 Å². The standard InChI is InChI=1S/C17H17ClN4O/c1-3-17(4-2,10-20-15-9-14(18)21-11-22-15)12-5-7-19-13-6-8-23-16(12)13/h1,5,7,9,11H,4,6,8,10H2,2H3,(H,20,21,22)/t17-/m1/s1. The summed E-state index contributed by atoms with van der Waals surface area (Å²) in [6.07, 6.45) is 10.7. The van der Waals surface area contributed by atoms with Crippen molar-refractivity contribution in [1.29, 1.82) is 0 Å². The van der Waals surface area contributed by atoms with Crippen molar-refractivity contribution in [2.75, 3.05) is 18.5 Å². The van der Waals surface area contributed by atoms with E-state index < -0.39 is 5.41 Å². The van der Waals surface area contributed by atoms with Crippen LogP contribution in [0.5, 0.6) is 5.75 Å². The molecule has 23 heavy (non-hydrogen) atoms. The molecule has 118 valence electrons. The molecule has 3 rings (SSSR count). The van der Waals surface area contributed by atoms with Crippen LogP contribution in [0.25, 0.3) is 0 Å². The molecule has 2 aromatic rings. The number of fused-ring (bicyclic) bond motifs is 1. The van der Waals surface area contributed by atoms with Crippen molar-refractivity contribution in [3.63, 3.8) is 0 Å². The topological polar surface area (TPSA) is 59.9 Å². The Kier molecular flexibility index (Phi) is 4.35. The molecule has 2 aromatic heterocycles. The number of hydrogen-bond donors (Lipinski definition) is 1. The number of nitrogens with one attached hydrogen (secondary N) is 1. The highest BCUT2D eigenvalue weighted by atomic mass is 35.5. The van der Waals surface area contributed by atoms with Gasteiger partial charge in [0.2, 0.25) is 0 Å². The van der Waals surface area contributed by atoms with Gasteiger partial charge in [0.25, 0.3) is 0 Å². The highest BCUT2D eigenvalue weighted by Crippen LogP contribution is 2.38. The molecule has 0 radical (unpaired) electrons. The fourth-order valence-corrected chi connectivity index (χ4v) is 2.92. The second kappa shape index (κ2) is 6.43. The van der Waals surface area contributed by atoms with E-state index >= 15 is 0 Å². The summed E-state index contributed by atoms with van der Waals surface area (Å²) in [7, 11) is 0. The van der Waals surface area contributed by atoms with Gasteiger partial charge >= 0.3 is 0 Å². The van der Waals surface area contributed by atoms with Crippen LogP contribution in [0.2, 0.25) is 5.15 Å². The first-order valence-corrected chi connectivity index (χ1v) is 7.86. The van der Waals surface area contributed by atoms with E-state index in [1.165, 1.54) is 6.33 Å². The Morgan fingerprint density at radius 3 is 3.04 bits per heavy atom. The molecule has 0 aromatic carbocycles. The Morgan fingerprint density at radius 2 is 2.30 bits per heavy atom. The van der Waals surface area contributed by atoms with E-state index in [2.05, 4.69) is 33.1 Å². The zero-order valence-electron chi connectivity index (χ0n) is 12.8. The van der Waals surface area contributed by atoms with Crippen molar-refractivity contribution < 1.29 is 4.74 Å². The van der Waals surface area contributed by atoms with Crippen molar-refractivity contribution in [2.45, 2.75) is 25.2 Å². The van der Waals surface area contributed by atoms with Crippen LogP contribution in [0.3, 0.4) is 0 Å². The van der Waals surface area contributed by atoms with Gasteiger partial charge in [0, 0.05) is 30.8 Å². The minimum Gasteiger partial charge on any atom is -0.491 e. The molecule has 0 aliphatic carbocycles. The van der Waals surface area contributed by atoms with Crippen molar-refractivity contribution >= 4 is 17.4 Å². The summed E-state index contributed by atoms with van der Waals surface area (Å²) in [6, 6.07) is 3.62. The molecule has 5 nitrogen and oxygen atoms in total. The van der Waals surface area contributed by atoms with E-state index in [0.717, 1.165) is 29.8 Å². The van der Waals surface area contributed by atoms with Gasteiger partial charge in [0.15, 0.2) is 0 Å². The molecule has 3 heterocycles. The van der Waals surface area contributed by atoms with Gasteiger partial charge in [-0.1, -0.05) is 24.4 Å². The summed E-state index contributed by atoms with van der Waals surface area (Å²) < 4.78 is 5.78. The van der Waals surface area contributed by atoms with E-state index in [1.807, 2.05) is 6.07 Å². The molecule has 1 N–H and O–H groups in total. The number of pyridine rings is 1. The Hall–Kier alpha value is -2.32. The Balaban J connectivity index is 1.91. The Morgan fingerprint density at radius 1 is 1.43 bits per heavy atom. The Bertz CT molecular complexity index is 758. The average molecular weight is 329 g/mol. The first-order valence-electron chi connectivity index (χ1n) is 7.49. The lowest BCUT2D eigenvalue weighted by atomic mass is 9.78. The van der Waals surface area contributed by atoms with E-state index in [0.29, 0.717) is 24.1 Å². The second-order valence-corrected chi connectivity index (χ2v) is 5.78. The Labute approximate surface area is 140 Å². The SMILES string of the molecule is C#C[C@@](CC)(CNc1cc(Cl)ncn1)c1ccnc2c1OCC2. The maximum absolute atomic E-state index is 5.91. The molecule has 0 amide bonds. The number of halogens is 1. The lowest BCUT2D eigenvalue weighted by Gasteiger charge is -2.29. The third-order valence-electron chi connectivity index (χ3n) is 4.16. The van der Waals surface area contributed by atoms with Gasteiger partial charge < -0.3 is 10.1 Å². The van der Waals surface area contributed by atoms with E-state index in [-0.39, 0.29) is 0 Å². The maximum Gasteiger partial charge on any atom is 0.145 e. The third kappa shape index (κ3) is 2.95. The third-order valence-corrected chi connectivity index (χ3v) is 4.37. The van der Waals surface area contributed by atoms with Crippen molar-refractivity contribution in [2.24, 2.45) is 0 Å². The fourth-order valence-electron chi connectivity index (χ4n) is 2.77. The first-order chi connectivity index (χ1) is 11.2. The van der Waals surface area contributed by atoms with Crippen LogP contribution in [0.1, 0.15) is 24.6 Å². The smallest absolute Gasteiger partial charge is 0.145 e. The predicted molar refractivity (Wildman–Crippen MR) is 89.8 cm³/mol. The first kappa shape index (κ1) is 15.6. The van der Waals surface area contributed by atoms with Crippen LogP contribution < -0.4 is 10.1 Å². The summed E-state index contributed by atoms with van der Waals surface area (Å²) in [5.41, 5.74) is 1.47. The molecule has 1 aliphatic rings. The lowest BCUT2D eigenvalue weighted by Crippen LogP contribution is -2.33.